The van der Waals surface area contributed by atoms with Crippen LogP contribution in [-0.4, -0.2) is 0 Å². The van der Waals surface area contributed by atoms with Gasteiger partial charge in [-0.05, 0) is 36.4 Å². The van der Waals surface area contributed by atoms with Crippen molar-refractivity contribution in [1.82, 2.24) is 0 Å². The molecule has 0 atom stereocenters. The van der Waals surface area contributed by atoms with E-state index in [4.69, 9.17) is 0 Å². The molecule has 0 spiro atoms. The molecular formula is C13H6BrFOS. The molecule has 3 aromatic rings. The Hall–Kier alpha value is -1.26. The van der Waals surface area contributed by atoms with Crippen molar-refractivity contribution in [2.45, 2.75) is 0 Å². The molecule has 0 saturated carbocycles. The molecule has 84 valence electrons. The monoisotopic (exact) mass is 308 g/mol. The predicted molar refractivity (Wildman–Crippen MR) is 73.3 cm³/mol. The van der Waals surface area contributed by atoms with Gasteiger partial charge in [-0.25, -0.2) is 4.39 Å². The molecule has 0 amide bonds. The van der Waals surface area contributed by atoms with Crippen molar-refractivity contribution in [3.05, 3.63) is 56.9 Å². The molecule has 0 radical (unpaired) electrons. The highest BCUT2D eigenvalue weighted by Gasteiger charge is 2.07. The van der Waals surface area contributed by atoms with Crippen LogP contribution in [0, 0.1) is 5.82 Å². The van der Waals surface area contributed by atoms with Gasteiger partial charge >= 0.3 is 0 Å². The van der Waals surface area contributed by atoms with E-state index in [1.165, 1.54) is 23.5 Å². The largest absolute Gasteiger partial charge is 0.289 e. The molecule has 0 N–H and O–H groups in total. The summed E-state index contributed by atoms with van der Waals surface area (Å²) in [6, 6.07) is 9.90. The third kappa shape index (κ3) is 1.77. The molecule has 2 aromatic carbocycles. The molecule has 1 nitrogen and oxygen atoms in total. The van der Waals surface area contributed by atoms with Crippen LogP contribution in [0.5, 0.6) is 0 Å². The number of hydrogen-bond donors (Lipinski definition) is 0. The van der Waals surface area contributed by atoms with Gasteiger partial charge in [0, 0.05) is 24.6 Å². The van der Waals surface area contributed by atoms with Gasteiger partial charge in [-0.15, -0.1) is 11.3 Å². The zero-order valence-electron chi connectivity index (χ0n) is 8.54. The number of halogens is 2. The van der Waals surface area contributed by atoms with Gasteiger partial charge in [0.1, 0.15) is 5.82 Å². The van der Waals surface area contributed by atoms with Crippen molar-refractivity contribution in [1.29, 1.82) is 0 Å². The molecular weight excluding hydrogens is 303 g/mol. The minimum absolute atomic E-state index is 0.116. The van der Waals surface area contributed by atoms with E-state index in [1.807, 2.05) is 12.1 Å². The molecule has 0 fully saturated rings. The highest BCUT2D eigenvalue weighted by Crippen LogP contribution is 2.26. The average molecular weight is 309 g/mol. The van der Waals surface area contributed by atoms with Crippen LogP contribution >= 0.6 is 27.3 Å². The summed E-state index contributed by atoms with van der Waals surface area (Å²) in [5.74, 6) is -0.379. The Morgan fingerprint density at radius 2 is 1.65 bits per heavy atom. The topological polar surface area (TPSA) is 17.1 Å². The molecule has 0 saturated heterocycles. The first-order valence-corrected chi connectivity index (χ1v) is 6.58. The lowest BCUT2D eigenvalue weighted by Gasteiger charge is -2.01. The Kier molecular flexibility index (Phi) is 2.49. The van der Waals surface area contributed by atoms with Crippen molar-refractivity contribution < 1.29 is 4.39 Å². The SMILES string of the molecule is O=c1c2cc(F)ccc2sc2ccc(Br)cc12. The van der Waals surface area contributed by atoms with Crippen molar-refractivity contribution in [3.63, 3.8) is 0 Å². The van der Waals surface area contributed by atoms with Crippen LogP contribution in [0.4, 0.5) is 4.39 Å². The van der Waals surface area contributed by atoms with Crippen molar-refractivity contribution in [3.8, 4) is 0 Å². The highest BCUT2D eigenvalue weighted by atomic mass is 79.9. The molecule has 17 heavy (non-hydrogen) atoms. The first kappa shape index (κ1) is 10.9. The lowest BCUT2D eigenvalue weighted by molar-refractivity contribution is 0.630. The normalized spacial score (nSPS) is 11.2. The number of hydrogen-bond acceptors (Lipinski definition) is 2. The van der Waals surface area contributed by atoms with Gasteiger partial charge in [-0.1, -0.05) is 15.9 Å². The van der Waals surface area contributed by atoms with Crippen molar-refractivity contribution in [2.24, 2.45) is 0 Å². The number of benzene rings is 2. The first-order valence-electron chi connectivity index (χ1n) is 4.97. The van der Waals surface area contributed by atoms with Crippen LogP contribution < -0.4 is 5.43 Å². The van der Waals surface area contributed by atoms with Gasteiger partial charge in [0.05, 0.1) is 0 Å². The van der Waals surface area contributed by atoms with Gasteiger partial charge in [-0.2, -0.15) is 0 Å². The van der Waals surface area contributed by atoms with Crippen molar-refractivity contribution >= 4 is 47.4 Å². The van der Waals surface area contributed by atoms with E-state index in [-0.39, 0.29) is 11.2 Å². The zero-order chi connectivity index (χ0) is 12.0. The van der Waals surface area contributed by atoms with Gasteiger partial charge in [0.2, 0.25) is 0 Å². The Morgan fingerprint density at radius 3 is 2.41 bits per heavy atom. The Morgan fingerprint density at radius 1 is 1.00 bits per heavy atom. The molecule has 1 aromatic heterocycles. The average Bonchev–Trinajstić information content (AvgIpc) is 2.32. The maximum Gasteiger partial charge on any atom is 0.196 e. The van der Waals surface area contributed by atoms with Crippen LogP contribution in [0.15, 0.2) is 45.7 Å². The highest BCUT2D eigenvalue weighted by molar-refractivity contribution is 9.10. The summed E-state index contributed by atoms with van der Waals surface area (Å²) in [7, 11) is 0. The Bertz CT molecular complexity index is 731. The molecule has 0 bridgehead atoms. The van der Waals surface area contributed by atoms with E-state index in [0.29, 0.717) is 10.8 Å². The van der Waals surface area contributed by atoms with Crippen LogP contribution in [0.1, 0.15) is 0 Å². The smallest absolute Gasteiger partial charge is 0.196 e. The molecule has 3 rings (SSSR count). The predicted octanol–water partition coefficient (Wildman–Crippen LogP) is 4.32. The summed E-state index contributed by atoms with van der Waals surface area (Å²) in [5.41, 5.74) is -0.116. The third-order valence-corrected chi connectivity index (χ3v) is 4.24. The standard InChI is InChI=1S/C13H6BrFOS/c14-7-1-3-11-9(5-7)13(16)10-6-8(15)2-4-12(10)17-11/h1-6H. The second kappa shape index (κ2) is 3.89. The number of rotatable bonds is 0. The zero-order valence-corrected chi connectivity index (χ0v) is 10.9. The molecule has 0 unspecified atom stereocenters. The fourth-order valence-electron chi connectivity index (χ4n) is 1.80. The summed E-state index contributed by atoms with van der Waals surface area (Å²) < 4.78 is 15.7. The maximum absolute atomic E-state index is 13.2. The molecule has 1 heterocycles. The molecule has 0 aliphatic rings. The van der Waals surface area contributed by atoms with Gasteiger partial charge in [0.15, 0.2) is 5.43 Å². The van der Waals surface area contributed by atoms with Gasteiger partial charge < -0.3 is 0 Å². The quantitative estimate of drug-likeness (QED) is 0.565. The fraction of sp³-hybridized carbons (Fsp3) is 0. The lowest BCUT2D eigenvalue weighted by Crippen LogP contribution is -2.01. The molecule has 4 heteroatoms. The summed E-state index contributed by atoms with van der Waals surface area (Å²) in [6.07, 6.45) is 0. The van der Waals surface area contributed by atoms with E-state index in [1.54, 1.807) is 12.1 Å². The maximum atomic E-state index is 13.2. The Balaban J connectivity index is 2.58. The summed E-state index contributed by atoms with van der Waals surface area (Å²) in [6.45, 7) is 0. The van der Waals surface area contributed by atoms with Crippen LogP contribution in [0.3, 0.4) is 0 Å². The van der Waals surface area contributed by atoms with E-state index >= 15 is 0 Å². The van der Waals surface area contributed by atoms with Crippen LogP contribution in [0.25, 0.3) is 20.2 Å². The number of fused-ring (bicyclic) bond motifs is 2. The van der Waals surface area contributed by atoms with E-state index in [0.717, 1.165) is 13.9 Å². The van der Waals surface area contributed by atoms with Crippen LogP contribution in [0.2, 0.25) is 0 Å². The molecule has 0 aliphatic carbocycles. The minimum atomic E-state index is -0.379. The van der Waals surface area contributed by atoms with E-state index < -0.39 is 0 Å². The van der Waals surface area contributed by atoms with E-state index in [2.05, 4.69) is 15.9 Å². The fourth-order valence-corrected chi connectivity index (χ4v) is 3.19. The second-order valence-electron chi connectivity index (χ2n) is 3.71. The lowest BCUT2D eigenvalue weighted by atomic mass is 10.2. The minimum Gasteiger partial charge on any atom is -0.289 e. The summed E-state index contributed by atoms with van der Waals surface area (Å²) in [5, 5.41) is 1.07. The summed E-state index contributed by atoms with van der Waals surface area (Å²) >= 11 is 4.83. The van der Waals surface area contributed by atoms with Crippen molar-refractivity contribution in [2.75, 3.05) is 0 Å². The van der Waals surface area contributed by atoms with Gasteiger partial charge in [-0.3, -0.25) is 4.79 Å². The van der Waals surface area contributed by atoms with Gasteiger partial charge in [0.25, 0.3) is 0 Å². The summed E-state index contributed by atoms with van der Waals surface area (Å²) in [4.78, 5) is 12.2. The van der Waals surface area contributed by atoms with Crippen LogP contribution in [-0.2, 0) is 0 Å². The third-order valence-electron chi connectivity index (χ3n) is 2.59. The van der Waals surface area contributed by atoms with E-state index in [9.17, 15) is 9.18 Å². The first-order chi connectivity index (χ1) is 8.15. The Labute approximate surface area is 109 Å². The second-order valence-corrected chi connectivity index (χ2v) is 5.71. The molecule has 0 aliphatic heterocycles.